The van der Waals surface area contributed by atoms with E-state index in [1.165, 1.54) is 16.7 Å². The van der Waals surface area contributed by atoms with Gasteiger partial charge in [-0.25, -0.2) is 4.98 Å². The summed E-state index contributed by atoms with van der Waals surface area (Å²) in [6, 6.07) is 24.7. The summed E-state index contributed by atoms with van der Waals surface area (Å²) < 4.78 is 2.04. The first kappa shape index (κ1) is 23.7. The molecule has 176 valence electrons. The molecule has 4 nitrogen and oxygen atoms in total. The van der Waals surface area contributed by atoms with Crippen molar-refractivity contribution in [1.82, 2.24) is 9.55 Å². The highest BCUT2D eigenvalue weighted by Gasteiger charge is 2.21. The average molecular weight is 454 g/mol. The number of para-hydroxylation sites is 2. The largest absolute Gasteiger partial charge is 0.325 e. The molecule has 0 saturated heterocycles. The monoisotopic (exact) mass is 453 g/mol. The van der Waals surface area contributed by atoms with E-state index in [2.05, 4.69) is 77.2 Å². The second-order valence-corrected chi connectivity index (χ2v) is 11.1. The molecule has 0 aliphatic carbocycles. The molecule has 4 rings (SSSR count). The van der Waals surface area contributed by atoms with Gasteiger partial charge in [0.1, 0.15) is 12.4 Å². The topological polar surface area (TPSA) is 46.9 Å². The Balaban J connectivity index is 1.65. The molecule has 4 heteroatoms. The van der Waals surface area contributed by atoms with Crippen LogP contribution in [0, 0.1) is 0 Å². The van der Waals surface area contributed by atoms with Crippen LogP contribution in [-0.2, 0) is 28.6 Å². The fourth-order valence-corrected chi connectivity index (χ4v) is 4.13. The van der Waals surface area contributed by atoms with Crippen molar-refractivity contribution in [3.63, 3.8) is 0 Å². The Morgan fingerprint density at radius 3 is 2.03 bits per heavy atom. The molecule has 3 aromatic carbocycles. The molecule has 1 N–H and O–H groups in total. The number of carbonyl (C=O) groups is 1. The zero-order valence-corrected chi connectivity index (χ0v) is 21.1. The second-order valence-electron chi connectivity index (χ2n) is 11.1. The van der Waals surface area contributed by atoms with E-state index in [4.69, 9.17) is 4.98 Å². The maximum absolute atomic E-state index is 13.3. The van der Waals surface area contributed by atoms with Gasteiger partial charge >= 0.3 is 0 Å². The van der Waals surface area contributed by atoms with Crippen molar-refractivity contribution >= 4 is 22.6 Å². The van der Waals surface area contributed by atoms with Crippen LogP contribution in [0.25, 0.3) is 11.0 Å². The molecule has 0 unspecified atom stereocenters. The molecule has 0 spiro atoms. The van der Waals surface area contributed by atoms with E-state index in [0.29, 0.717) is 6.42 Å². The number of benzene rings is 3. The zero-order valence-electron chi connectivity index (χ0n) is 21.1. The van der Waals surface area contributed by atoms with Crippen LogP contribution >= 0.6 is 0 Å². The first-order valence-electron chi connectivity index (χ1n) is 11.9. The van der Waals surface area contributed by atoms with Crippen molar-refractivity contribution in [2.75, 3.05) is 5.32 Å². The predicted octanol–water partition coefficient (Wildman–Crippen LogP) is 6.86. The van der Waals surface area contributed by atoms with Gasteiger partial charge < -0.3 is 9.88 Å². The molecular weight excluding hydrogens is 418 g/mol. The lowest BCUT2D eigenvalue weighted by Crippen LogP contribution is -2.22. The Morgan fingerprint density at radius 1 is 0.824 bits per heavy atom. The molecule has 0 radical (unpaired) electrons. The SMILES string of the molecule is CC(C)(C)c1cc(NC(=O)Cn2c(Cc3ccccc3)nc3ccccc32)cc(C(C)(C)C)c1. The number of hydrogen-bond donors (Lipinski definition) is 1. The molecule has 4 aromatic rings. The number of nitrogens with zero attached hydrogens (tertiary/aromatic N) is 2. The molecule has 0 aliphatic heterocycles. The fourth-order valence-electron chi connectivity index (χ4n) is 4.13. The zero-order chi connectivity index (χ0) is 24.5. The van der Waals surface area contributed by atoms with Crippen molar-refractivity contribution < 1.29 is 4.79 Å². The number of carbonyl (C=O) groups excluding carboxylic acids is 1. The molecular formula is C30H35N3O. The van der Waals surface area contributed by atoms with Crippen molar-refractivity contribution in [3.8, 4) is 0 Å². The molecule has 1 heterocycles. The van der Waals surface area contributed by atoms with Gasteiger partial charge in [0.15, 0.2) is 0 Å². The van der Waals surface area contributed by atoms with Gasteiger partial charge in [0.2, 0.25) is 5.91 Å². The predicted molar refractivity (Wildman–Crippen MR) is 141 cm³/mol. The molecule has 1 amide bonds. The first-order valence-corrected chi connectivity index (χ1v) is 11.9. The third kappa shape index (κ3) is 5.39. The Morgan fingerprint density at radius 2 is 1.41 bits per heavy atom. The summed E-state index contributed by atoms with van der Waals surface area (Å²) in [4.78, 5) is 18.1. The van der Waals surface area contributed by atoms with E-state index >= 15 is 0 Å². The third-order valence-electron chi connectivity index (χ3n) is 6.19. The first-order chi connectivity index (χ1) is 16.0. The van der Waals surface area contributed by atoms with Gasteiger partial charge in [0.25, 0.3) is 0 Å². The summed E-state index contributed by atoms with van der Waals surface area (Å²) in [7, 11) is 0. The molecule has 1 aromatic heterocycles. The fraction of sp³-hybridized carbons (Fsp3) is 0.333. The van der Waals surface area contributed by atoms with Gasteiger partial charge in [-0.2, -0.15) is 0 Å². The minimum absolute atomic E-state index is 0.00978. The quantitative estimate of drug-likeness (QED) is 0.359. The highest BCUT2D eigenvalue weighted by molar-refractivity contribution is 5.92. The van der Waals surface area contributed by atoms with Crippen molar-refractivity contribution in [3.05, 3.63) is 95.3 Å². The molecule has 0 atom stereocenters. The van der Waals surface area contributed by atoms with E-state index < -0.39 is 0 Å². The van der Waals surface area contributed by atoms with Gasteiger partial charge in [0, 0.05) is 12.1 Å². The van der Waals surface area contributed by atoms with E-state index in [9.17, 15) is 4.79 Å². The lowest BCUT2D eigenvalue weighted by Gasteiger charge is -2.26. The minimum Gasteiger partial charge on any atom is -0.325 e. The van der Waals surface area contributed by atoms with Gasteiger partial charge in [-0.3, -0.25) is 4.79 Å². The molecule has 0 bridgehead atoms. The van der Waals surface area contributed by atoms with Crippen LogP contribution in [0.5, 0.6) is 0 Å². The van der Waals surface area contributed by atoms with Crippen molar-refractivity contribution in [1.29, 1.82) is 0 Å². The molecule has 0 saturated carbocycles. The number of hydrogen-bond acceptors (Lipinski definition) is 2. The van der Waals surface area contributed by atoms with Crippen molar-refractivity contribution in [2.24, 2.45) is 0 Å². The van der Waals surface area contributed by atoms with Gasteiger partial charge in [0.05, 0.1) is 11.0 Å². The van der Waals surface area contributed by atoms with Crippen LogP contribution in [0.2, 0.25) is 0 Å². The van der Waals surface area contributed by atoms with Crippen LogP contribution in [0.4, 0.5) is 5.69 Å². The summed E-state index contributed by atoms with van der Waals surface area (Å²) >= 11 is 0. The van der Waals surface area contributed by atoms with Gasteiger partial charge in [-0.15, -0.1) is 0 Å². The lowest BCUT2D eigenvalue weighted by atomic mass is 9.80. The summed E-state index contributed by atoms with van der Waals surface area (Å²) in [5, 5.41) is 3.17. The second kappa shape index (κ2) is 9.09. The van der Waals surface area contributed by atoms with Crippen molar-refractivity contribution in [2.45, 2.75) is 65.3 Å². The Labute approximate surface area is 203 Å². The number of nitrogens with one attached hydrogen (secondary N) is 1. The molecule has 0 aliphatic rings. The number of imidazole rings is 1. The van der Waals surface area contributed by atoms with Crippen LogP contribution in [-0.4, -0.2) is 15.5 Å². The number of fused-ring (bicyclic) bond motifs is 1. The Kier molecular flexibility index (Phi) is 6.35. The maximum Gasteiger partial charge on any atom is 0.244 e. The lowest BCUT2D eigenvalue weighted by molar-refractivity contribution is -0.116. The Bertz CT molecular complexity index is 1270. The number of aromatic nitrogens is 2. The standard InChI is InChI=1S/C30H35N3O/c1-29(2,3)22-17-23(30(4,5)6)19-24(18-22)31-28(34)20-33-26-15-11-10-14-25(26)32-27(33)16-21-12-8-7-9-13-21/h7-15,17-19H,16,20H2,1-6H3,(H,31,34). The normalized spacial score (nSPS) is 12.2. The van der Waals surface area contributed by atoms with E-state index in [1.807, 2.05) is 47.0 Å². The summed E-state index contributed by atoms with van der Waals surface area (Å²) in [5.41, 5.74) is 6.31. The van der Waals surface area contributed by atoms with Gasteiger partial charge in [-0.1, -0.05) is 90.1 Å². The third-order valence-corrected chi connectivity index (χ3v) is 6.19. The van der Waals surface area contributed by atoms with Crippen LogP contribution < -0.4 is 5.32 Å². The molecule has 0 fully saturated rings. The Hall–Kier alpha value is -3.40. The minimum atomic E-state index is -0.0524. The van der Waals surface area contributed by atoms with E-state index in [-0.39, 0.29) is 23.3 Å². The van der Waals surface area contributed by atoms with Gasteiger partial charge in [-0.05, 0) is 51.8 Å². The van der Waals surface area contributed by atoms with Crippen LogP contribution in [0.15, 0.2) is 72.8 Å². The summed E-state index contributed by atoms with van der Waals surface area (Å²) in [6.45, 7) is 13.4. The van der Waals surface area contributed by atoms with E-state index in [0.717, 1.165) is 22.5 Å². The number of anilines is 1. The van der Waals surface area contributed by atoms with Crippen LogP contribution in [0.3, 0.4) is 0 Å². The van der Waals surface area contributed by atoms with Crippen LogP contribution in [0.1, 0.15) is 64.1 Å². The number of rotatable bonds is 5. The smallest absolute Gasteiger partial charge is 0.244 e. The van der Waals surface area contributed by atoms with E-state index in [1.54, 1.807) is 0 Å². The highest BCUT2D eigenvalue weighted by Crippen LogP contribution is 2.32. The summed E-state index contributed by atoms with van der Waals surface area (Å²) in [5.74, 6) is 0.838. The maximum atomic E-state index is 13.3. The summed E-state index contributed by atoms with van der Waals surface area (Å²) in [6.07, 6.45) is 0.677. The highest BCUT2D eigenvalue weighted by atomic mass is 16.1. The average Bonchev–Trinajstić information content (AvgIpc) is 3.10. The number of amides is 1. The molecule has 34 heavy (non-hydrogen) atoms.